The van der Waals surface area contributed by atoms with Crippen LogP contribution in [0.25, 0.3) is 0 Å². The van der Waals surface area contributed by atoms with E-state index in [4.69, 9.17) is 4.74 Å². The second-order valence-corrected chi connectivity index (χ2v) is 6.51. The van der Waals surface area contributed by atoms with Crippen LogP contribution in [0.1, 0.15) is 33.6 Å². The topological polar surface area (TPSA) is 43.4 Å². The zero-order valence-electron chi connectivity index (χ0n) is 11.2. The van der Waals surface area contributed by atoms with E-state index in [1.54, 1.807) is 6.08 Å². The molecule has 1 aliphatic heterocycles. The number of rotatable bonds is 0. The van der Waals surface area contributed by atoms with Gasteiger partial charge in [-0.3, -0.25) is 9.59 Å². The van der Waals surface area contributed by atoms with Gasteiger partial charge in [-0.05, 0) is 30.8 Å². The molecule has 0 aromatic carbocycles. The van der Waals surface area contributed by atoms with Gasteiger partial charge in [0.15, 0.2) is 5.78 Å². The van der Waals surface area contributed by atoms with Crippen molar-refractivity contribution < 1.29 is 14.3 Å². The van der Waals surface area contributed by atoms with E-state index < -0.39 is 0 Å². The zero-order chi connectivity index (χ0) is 13.1. The third-order valence-corrected chi connectivity index (χ3v) is 5.39. The monoisotopic (exact) mass is 248 g/mol. The van der Waals surface area contributed by atoms with Gasteiger partial charge in [-0.15, -0.1) is 0 Å². The van der Waals surface area contributed by atoms with Crippen LogP contribution in [0.2, 0.25) is 0 Å². The van der Waals surface area contributed by atoms with Crippen molar-refractivity contribution in [1.29, 1.82) is 0 Å². The molecule has 1 saturated carbocycles. The van der Waals surface area contributed by atoms with Crippen LogP contribution in [0.5, 0.6) is 0 Å². The van der Waals surface area contributed by atoms with Gasteiger partial charge in [0, 0.05) is 11.3 Å². The van der Waals surface area contributed by atoms with Crippen molar-refractivity contribution in [2.45, 2.75) is 39.7 Å². The average Bonchev–Trinajstić information content (AvgIpc) is 2.69. The number of ketones is 1. The Morgan fingerprint density at radius 3 is 2.78 bits per heavy atom. The molecule has 98 valence electrons. The molecule has 0 aromatic heterocycles. The van der Waals surface area contributed by atoms with E-state index in [1.807, 2.05) is 6.92 Å². The van der Waals surface area contributed by atoms with E-state index in [2.05, 4.69) is 19.9 Å². The van der Waals surface area contributed by atoms with Gasteiger partial charge in [-0.2, -0.15) is 0 Å². The van der Waals surface area contributed by atoms with Gasteiger partial charge in [0.25, 0.3) is 0 Å². The number of ether oxygens (including phenoxy) is 1. The number of allylic oxidation sites excluding steroid dienone is 2. The zero-order valence-corrected chi connectivity index (χ0v) is 11.2. The summed E-state index contributed by atoms with van der Waals surface area (Å²) in [6.45, 7) is 6.17. The van der Waals surface area contributed by atoms with Gasteiger partial charge in [0.2, 0.25) is 0 Å². The van der Waals surface area contributed by atoms with Crippen LogP contribution in [-0.4, -0.2) is 17.9 Å². The maximum absolute atomic E-state index is 12.2. The van der Waals surface area contributed by atoms with Gasteiger partial charge in [-0.1, -0.05) is 26.8 Å². The van der Waals surface area contributed by atoms with Crippen LogP contribution in [0, 0.1) is 29.1 Å². The Kier molecular flexibility index (Phi) is 2.45. The van der Waals surface area contributed by atoms with Crippen molar-refractivity contribution in [3.05, 3.63) is 12.2 Å². The number of esters is 1. The Labute approximate surface area is 108 Å². The van der Waals surface area contributed by atoms with Crippen molar-refractivity contribution in [1.82, 2.24) is 0 Å². The number of carbonyl (C=O) groups is 2. The molecule has 3 aliphatic rings. The second-order valence-electron chi connectivity index (χ2n) is 6.51. The predicted octanol–water partition coefficient (Wildman–Crippen LogP) is 2.36. The molecule has 1 saturated heterocycles. The quantitative estimate of drug-likeness (QED) is 0.618. The van der Waals surface area contributed by atoms with Crippen molar-refractivity contribution >= 4 is 11.8 Å². The molecule has 0 N–H and O–H groups in total. The number of hydrogen-bond acceptors (Lipinski definition) is 3. The molecule has 3 nitrogen and oxygen atoms in total. The molecule has 0 radical (unpaired) electrons. The molecule has 2 aliphatic carbocycles. The number of hydrogen-bond donors (Lipinski definition) is 0. The summed E-state index contributed by atoms with van der Waals surface area (Å²) in [4.78, 5) is 23.9. The largest absolute Gasteiger partial charge is 0.462 e. The Morgan fingerprint density at radius 2 is 2.06 bits per heavy atom. The molecule has 3 rings (SSSR count). The molecule has 1 heterocycles. The summed E-state index contributed by atoms with van der Waals surface area (Å²) in [5.74, 6) is 0.987. The minimum atomic E-state index is -0.318. The fraction of sp³-hybridized carbons (Fsp3) is 0.733. The van der Waals surface area contributed by atoms with Crippen LogP contribution < -0.4 is 0 Å². The standard InChI is InChI=1S/C15H20O3/c1-8-6-12-10(9(2)14(17)18-12)7-15(3)11(8)4-5-13(15)16/h4-5,8-12H,6-7H2,1-3H3/t8-,9+,10-,11+,12?,15+/m1/s1. The Bertz CT molecular complexity index is 439. The lowest BCUT2D eigenvalue weighted by Crippen LogP contribution is -2.34. The highest BCUT2D eigenvalue weighted by molar-refractivity contribution is 5.97. The Hall–Kier alpha value is -1.12. The highest BCUT2D eigenvalue weighted by atomic mass is 16.6. The summed E-state index contributed by atoms with van der Waals surface area (Å²) in [7, 11) is 0. The fourth-order valence-electron chi connectivity index (χ4n) is 4.19. The van der Waals surface area contributed by atoms with Gasteiger partial charge >= 0.3 is 5.97 Å². The van der Waals surface area contributed by atoms with Gasteiger partial charge in [0.1, 0.15) is 6.10 Å². The lowest BCUT2D eigenvalue weighted by molar-refractivity contribution is -0.144. The average molecular weight is 248 g/mol. The van der Waals surface area contributed by atoms with E-state index in [9.17, 15) is 9.59 Å². The highest BCUT2D eigenvalue weighted by Crippen LogP contribution is 2.53. The first-order valence-electron chi connectivity index (χ1n) is 6.86. The van der Waals surface area contributed by atoms with E-state index in [1.165, 1.54) is 0 Å². The Morgan fingerprint density at radius 1 is 1.33 bits per heavy atom. The molecule has 1 unspecified atom stereocenters. The molecule has 0 bridgehead atoms. The molecule has 0 aromatic rings. The maximum atomic E-state index is 12.2. The van der Waals surface area contributed by atoms with Crippen molar-refractivity contribution in [3.63, 3.8) is 0 Å². The lowest BCUT2D eigenvalue weighted by Gasteiger charge is -2.32. The number of fused-ring (bicyclic) bond motifs is 2. The first-order valence-corrected chi connectivity index (χ1v) is 6.86. The van der Waals surface area contributed by atoms with Crippen molar-refractivity contribution in [3.8, 4) is 0 Å². The van der Waals surface area contributed by atoms with Crippen molar-refractivity contribution in [2.24, 2.45) is 29.1 Å². The highest BCUT2D eigenvalue weighted by Gasteiger charge is 2.54. The number of carbonyl (C=O) groups excluding carboxylic acids is 2. The van der Waals surface area contributed by atoms with Crippen LogP contribution in [-0.2, 0) is 14.3 Å². The molecular formula is C15H20O3. The fourth-order valence-corrected chi connectivity index (χ4v) is 4.19. The van der Waals surface area contributed by atoms with Crippen LogP contribution >= 0.6 is 0 Å². The van der Waals surface area contributed by atoms with Gasteiger partial charge < -0.3 is 4.74 Å². The Balaban J connectivity index is 1.97. The second kappa shape index (κ2) is 3.69. The van der Waals surface area contributed by atoms with E-state index in [-0.39, 0.29) is 35.1 Å². The minimum absolute atomic E-state index is 0.0196. The van der Waals surface area contributed by atoms with Crippen LogP contribution in [0.3, 0.4) is 0 Å². The summed E-state index contributed by atoms with van der Waals surface area (Å²) in [5, 5.41) is 0. The smallest absolute Gasteiger partial charge is 0.309 e. The first-order chi connectivity index (χ1) is 8.43. The third kappa shape index (κ3) is 1.42. The summed E-state index contributed by atoms with van der Waals surface area (Å²) < 4.78 is 5.50. The van der Waals surface area contributed by atoms with E-state index in [0.717, 1.165) is 12.8 Å². The molecule has 0 spiro atoms. The molecule has 2 fully saturated rings. The summed E-state index contributed by atoms with van der Waals surface area (Å²) in [6, 6.07) is 0. The molecule has 3 heteroatoms. The van der Waals surface area contributed by atoms with Crippen molar-refractivity contribution in [2.75, 3.05) is 0 Å². The minimum Gasteiger partial charge on any atom is -0.462 e. The molecule has 6 atom stereocenters. The summed E-state index contributed by atoms with van der Waals surface area (Å²) >= 11 is 0. The van der Waals surface area contributed by atoms with E-state index >= 15 is 0 Å². The summed E-state index contributed by atoms with van der Waals surface area (Å²) in [5.41, 5.74) is -0.318. The van der Waals surface area contributed by atoms with Gasteiger partial charge in [0.05, 0.1) is 5.92 Å². The summed E-state index contributed by atoms with van der Waals surface area (Å²) in [6.07, 6.45) is 5.50. The third-order valence-electron chi connectivity index (χ3n) is 5.39. The normalized spacial score (nSPS) is 50.7. The molecular weight excluding hydrogens is 228 g/mol. The molecule has 0 amide bonds. The van der Waals surface area contributed by atoms with Crippen LogP contribution in [0.4, 0.5) is 0 Å². The predicted molar refractivity (Wildman–Crippen MR) is 66.7 cm³/mol. The first kappa shape index (κ1) is 11.9. The molecule has 18 heavy (non-hydrogen) atoms. The van der Waals surface area contributed by atoms with E-state index in [0.29, 0.717) is 11.8 Å². The van der Waals surface area contributed by atoms with Gasteiger partial charge in [-0.25, -0.2) is 0 Å². The SMILES string of the molecule is C[C@@H]1CC2OC(=O)[C@@H](C)[C@H]2C[C@]2(C)C(=O)C=C[C@@H]12. The van der Waals surface area contributed by atoms with Crippen LogP contribution in [0.15, 0.2) is 12.2 Å². The lowest BCUT2D eigenvalue weighted by atomic mass is 9.69. The maximum Gasteiger partial charge on any atom is 0.309 e.